The number of amides is 3. The van der Waals surface area contributed by atoms with Gasteiger partial charge in [-0.15, -0.1) is 0 Å². The van der Waals surface area contributed by atoms with E-state index in [4.69, 9.17) is 4.74 Å². The average molecular weight is 687 g/mol. The Hall–Kier alpha value is -5.08. The molecule has 0 saturated carbocycles. The van der Waals surface area contributed by atoms with Gasteiger partial charge >= 0.3 is 6.09 Å². The number of hydrogen-bond acceptors (Lipinski definition) is 9. The molecule has 5 rings (SSSR count). The van der Waals surface area contributed by atoms with E-state index in [1.165, 1.54) is 10.9 Å². The Balaban J connectivity index is 1.24. The number of hydrogen-bond donors (Lipinski definition) is 3. The first-order valence-corrected chi connectivity index (χ1v) is 16.7. The molecule has 266 valence electrons. The summed E-state index contributed by atoms with van der Waals surface area (Å²) in [4.78, 5) is 59.7. The van der Waals surface area contributed by atoms with Gasteiger partial charge < -0.3 is 30.3 Å². The fourth-order valence-corrected chi connectivity index (χ4v) is 5.76. The lowest BCUT2D eigenvalue weighted by atomic mass is 9.90. The highest BCUT2D eigenvalue weighted by atomic mass is 16.6. The number of piperidine rings is 1. The van der Waals surface area contributed by atoms with Crippen LogP contribution >= 0.6 is 0 Å². The van der Waals surface area contributed by atoms with Crippen molar-refractivity contribution in [2.75, 3.05) is 45.6 Å². The summed E-state index contributed by atoms with van der Waals surface area (Å²) >= 11 is 0. The molecule has 14 heteroatoms. The topological polar surface area (TPSA) is 164 Å². The number of fused-ring (bicyclic) bond motifs is 1. The molecule has 0 aliphatic carbocycles. The summed E-state index contributed by atoms with van der Waals surface area (Å²) in [5.74, 6) is -0.345. The molecule has 50 heavy (non-hydrogen) atoms. The van der Waals surface area contributed by atoms with E-state index in [0.29, 0.717) is 47.4 Å². The highest BCUT2D eigenvalue weighted by Crippen LogP contribution is 2.28. The Morgan fingerprint density at radius 2 is 1.78 bits per heavy atom. The SMILES string of the molecule is CN(C)CCC(=O)Nc1ccc2c(=O)n(CC3(O)CCN(C(=O)c4cn(CCNC(=O)OC(C)(C)C)nc4-c4ccccc4)CC3)cnc2c1. The van der Waals surface area contributed by atoms with Crippen LogP contribution in [-0.4, -0.2) is 104 Å². The molecule has 14 nitrogen and oxygen atoms in total. The molecule has 1 fully saturated rings. The summed E-state index contributed by atoms with van der Waals surface area (Å²) < 4.78 is 8.34. The van der Waals surface area contributed by atoms with Crippen molar-refractivity contribution in [3.8, 4) is 11.3 Å². The van der Waals surface area contributed by atoms with E-state index < -0.39 is 17.3 Å². The molecule has 4 aromatic rings. The van der Waals surface area contributed by atoms with Crippen molar-refractivity contribution in [3.05, 3.63) is 77.0 Å². The summed E-state index contributed by atoms with van der Waals surface area (Å²) in [5, 5.41) is 22.2. The molecular formula is C36H46N8O6. The van der Waals surface area contributed by atoms with Crippen molar-refractivity contribution in [1.29, 1.82) is 0 Å². The Morgan fingerprint density at radius 1 is 1.06 bits per heavy atom. The van der Waals surface area contributed by atoms with Gasteiger partial charge in [0.1, 0.15) is 11.3 Å². The van der Waals surface area contributed by atoms with Crippen LogP contribution in [0.3, 0.4) is 0 Å². The van der Waals surface area contributed by atoms with Crippen molar-refractivity contribution in [2.24, 2.45) is 0 Å². The quantitative estimate of drug-likeness (QED) is 0.215. The van der Waals surface area contributed by atoms with Crippen molar-refractivity contribution in [3.63, 3.8) is 0 Å². The predicted octanol–water partition coefficient (Wildman–Crippen LogP) is 3.34. The summed E-state index contributed by atoms with van der Waals surface area (Å²) in [6.45, 7) is 7.16. The number of likely N-dealkylation sites (tertiary alicyclic amines) is 1. The van der Waals surface area contributed by atoms with E-state index in [2.05, 4.69) is 20.7 Å². The third kappa shape index (κ3) is 9.33. The molecule has 2 aromatic heterocycles. The van der Waals surface area contributed by atoms with Gasteiger partial charge in [0.05, 0.1) is 41.5 Å². The fourth-order valence-electron chi connectivity index (χ4n) is 5.76. The smallest absolute Gasteiger partial charge is 0.407 e. The van der Waals surface area contributed by atoms with Gasteiger partial charge in [0.25, 0.3) is 11.5 Å². The van der Waals surface area contributed by atoms with Crippen LogP contribution in [0.2, 0.25) is 0 Å². The van der Waals surface area contributed by atoms with Gasteiger partial charge in [-0.2, -0.15) is 5.10 Å². The second-order valence-corrected chi connectivity index (χ2v) is 14.0. The van der Waals surface area contributed by atoms with Gasteiger partial charge in [-0.25, -0.2) is 9.78 Å². The summed E-state index contributed by atoms with van der Waals surface area (Å²) in [5.41, 5.74) is 0.589. The van der Waals surface area contributed by atoms with Crippen LogP contribution in [0.15, 0.2) is 65.8 Å². The molecule has 0 bridgehead atoms. The van der Waals surface area contributed by atoms with Crippen molar-refractivity contribution >= 4 is 34.5 Å². The van der Waals surface area contributed by atoms with Gasteiger partial charge in [-0.1, -0.05) is 30.3 Å². The second kappa shape index (κ2) is 15.2. The lowest BCUT2D eigenvalue weighted by Crippen LogP contribution is -2.49. The molecule has 1 aliphatic heterocycles. The number of rotatable bonds is 11. The molecule has 1 aliphatic rings. The van der Waals surface area contributed by atoms with Crippen molar-refractivity contribution in [2.45, 2.75) is 64.3 Å². The Morgan fingerprint density at radius 3 is 2.46 bits per heavy atom. The van der Waals surface area contributed by atoms with Gasteiger partial charge in [-0.3, -0.25) is 23.6 Å². The number of benzene rings is 2. The van der Waals surface area contributed by atoms with Crippen LogP contribution in [0.5, 0.6) is 0 Å². The Bertz CT molecular complexity index is 1890. The molecule has 0 spiro atoms. The minimum atomic E-state index is -1.23. The molecule has 0 atom stereocenters. The maximum atomic E-state index is 13.9. The molecule has 0 unspecified atom stereocenters. The van der Waals surface area contributed by atoms with Gasteiger partial charge in [0, 0.05) is 50.0 Å². The van der Waals surface area contributed by atoms with E-state index in [-0.39, 0.29) is 56.4 Å². The maximum absolute atomic E-state index is 13.9. The lowest BCUT2D eigenvalue weighted by Gasteiger charge is -2.38. The summed E-state index contributed by atoms with van der Waals surface area (Å²) in [6.07, 6.45) is 3.43. The monoisotopic (exact) mass is 686 g/mol. The maximum Gasteiger partial charge on any atom is 0.407 e. The molecular weight excluding hydrogens is 640 g/mol. The third-order valence-corrected chi connectivity index (χ3v) is 8.39. The van der Waals surface area contributed by atoms with Gasteiger partial charge in [-0.05, 0) is 65.9 Å². The van der Waals surface area contributed by atoms with Crippen LogP contribution in [0.4, 0.5) is 10.5 Å². The number of alkyl carbamates (subject to hydrolysis) is 1. The number of ether oxygens (including phenoxy) is 1. The number of aliphatic hydroxyl groups is 1. The van der Waals surface area contributed by atoms with Gasteiger partial charge in [0.2, 0.25) is 5.91 Å². The predicted molar refractivity (Wildman–Crippen MR) is 190 cm³/mol. The standard InChI is InChI=1S/C36H46N8O6/c1-35(2,3)50-34(48)37-16-20-44-22-28(31(40-44)25-9-7-6-8-10-25)33(47)42-18-14-36(49,15-19-42)23-43-24-38-29-21-26(11-12-27(29)32(43)46)39-30(45)13-17-41(4)5/h6-12,21-22,24,49H,13-20,23H2,1-5H3,(H,37,48)(H,39,45). The zero-order valence-electron chi connectivity index (χ0n) is 29.3. The average Bonchev–Trinajstić information content (AvgIpc) is 3.49. The largest absolute Gasteiger partial charge is 0.444 e. The van der Waals surface area contributed by atoms with Crippen LogP contribution in [-0.2, 0) is 22.6 Å². The first kappa shape index (κ1) is 36.2. The zero-order valence-corrected chi connectivity index (χ0v) is 29.3. The van der Waals surface area contributed by atoms with Crippen LogP contribution in [0.25, 0.3) is 22.2 Å². The fraction of sp³-hybridized carbons (Fsp3) is 0.444. The van der Waals surface area contributed by atoms with E-state index in [1.807, 2.05) is 49.3 Å². The normalized spacial score (nSPS) is 14.5. The summed E-state index contributed by atoms with van der Waals surface area (Å²) in [6, 6.07) is 14.4. The van der Waals surface area contributed by atoms with Crippen LogP contribution < -0.4 is 16.2 Å². The molecule has 3 N–H and O–H groups in total. The molecule has 0 radical (unpaired) electrons. The van der Waals surface area contributed by atoms with Gasteiger partial charge in [0.15, 0.2) is 0 Å². The highest BCUT2D eigenvalue weighted by molar-refractivity contribution is 6.00. The number of anilines is 1. The number of nitrogens with zero attached hydrogens (tertiary/aromatic N) is 6. The first-order valence-electron chi connectivity index (χ1n) is 16.7. The molecule has 3 heterocycles. The molecule has 1 saturated heterocycles. The Labute approximate surface area is 291 Å². The van der Waals surface area contributed by atoms with E-state index in [0.717, 1.165) is 5.56 Å². The minimum absolute atomic E-state index is 0.0255. The second-order valence-electron chi connectivity index (χ2n) is 14.0. The summed E-state index contributed by atoms with van der Waals surface area (Å²) in [7, 11) is 3.79. The highest BCUT2D eigenvalue weighted by Gasteiger charge is 2.36. The van der Waals surface area contributed by atoms with Crippen molar-refractivity contribution < 1.29 is 24.2 Å². The van der Waals surface area contributed by atoms with Crippen LogP contribution in [0.1, 0.15) is 50.4 Å². The van der Waals surface area contributed by atoms with Crippen molar-refractivity contribution in [1.82, 2.24) is 34.4 Å². The minimum Gasteiger partial charge on any atom is -0.444 e. The molecule has 3 amide bonds. The number of aromatic nitrogens is 4. The van der Waals surface area contributed by atoms with E-state index in [9.17, 15) is 24.3 Å². The Kier molecular flexibility index (Phi) is 11.0. The zero-order chi connectivity index (χ0) is 36.1. The van der Waals surface area contributed by atoms with E-state index in [1.54, 1.807) is 54.7 Å². The van der Waals surface area contributed by atoms with E-state index >= 15 is 0 Å². The van der Waals surface area contributed by atoms with Crippen LogP contribution in [0, 0.1) is 0 Å². The number of carbonyl (C=O) groups is 3. The molecule has 2 aromatic carbocycles. The lowest BCUT2D eigenvalue weighted by molar-refractivity contribution is -0.116. The first-order chi connectivity index (χ1) is 23.7. The number of nitrogens with one attached hydrogen (secondary N) is 2. The third-order valence-electron chi connectivity index (χ3n) is 8.39. The number of carbonyl (C=O) groups excluding carboxylic acids is 3.